The third-order valence-electron chi connectivity index (χ3n) is 3.28. The van der Waals surface area contributed by atoms with Crippen LogP contribution in [0.3, 0.4) is 0 Å². The Hall–Kier alpha value is -2.43. The summed E-state index contributed by atoms with van der Waals surface area (Å²) in [6.07, 6.45) is 0. The van der Waals surface area contributed by atoms with Crippen molar-refractivity contribution < 1.29 is 28.5 Å². The molecular weight excluding hydrogens is 319 g/mol. The third-order valence-corrected chi connectivity index (χ3v) is 5.27. The van der Waals surface area contributed by atoms with Crippen molar-refractivity contribution in [2.75, 3.05) is 14.2 Å². The average Bonchev–Trinajstić information content (AvgIpc) is 2.60. The molecule has 0 aromatic heterocycles. The molecule has 2 rings (SSSR count). The predicted octanol–water partition coefficient (Wildman–Crippen LogP) is 1.48. The highest BCUT2D eigenvalue weighted by Gasteiger charge is 2.24. The van der Waals surface area contributed by atoms with Gasteiger partial charge in [-0.1, -0.05) is 0 Å². The van der Waals surface area contributed by atoms with Gasteiger partial charge >= 0.3 is 11.9 Å². The zero-order chi connectivity index (χ0) is 17.0. The highest BCUT2D eigenvalue weighted by Crippen LogP contribution is 2.38. The van der Waals surface area contributed by atoms with Crippen molar-refractivity contribution in [3.05, 3.63) is 59.7 Å². The summed E-state index contributed by atoms with van der Waals surface area (Å²) < 4.78 is 21.8. The van der Waals surface area contributed by atoms with Crippen molar-refractivity contribution in [3.8, 4) is 0 Å². The van der Waals surface area contributed by atoms with Gasteiger partial charge in [0.05, 0.1) is 25.3 Å². The highest BCUT2D eigenvalue weighted by molar-refractivity contribution is 7.73. The van der Waals surface area contributed by atoms with Crippen LogP contribution in [-0.4, -0.2) is 31.1 Å². The van der Waals surface area contributed by atoms with Gasteiger partial charge in [-0.05, 0) is 48.5 Å². The summed E-state index contributed by atoms with van der Waals surface area (Å²) in [7, 11) is -1.30. The van der Waals surface area contributed by atoms with Crippen LogP contribution in [0.15, 0.2) is 48.5 Å². The first-order valence-electron chi connectivity index (χ1n) is 6.61. The first-order valence-corrected chi connectivity index (χ1v) is 8.27. The summed E-state index contributed by atoms with van der Waals surface area (Å²) in [6, 6.07) is 11.3. The molecule has 6 nitrogen and oxygen atoms in total. The van der Waals surface area contributed by atoms with Gasteiger partial charge in [-0.25, -0.2) is 9.59 Å². The number of carbonyl (C=O) groups excluding carboxylic acids is 2. The van der Waals surface area contributed by atoms with E-state index in [1.54, 1.807) is 0 Å². The Morgan fingerprint density at radius 1 is 0.783 bits per heavy atom. The van der Waals surface area contributed by atoms with Gasteiger partial charge in [0.2, 0.25) is 0 Å². The van der Waals surface area contributed by atoms with E-state index in [2.05, 4.69) is 9.47 Å². The third kappa shape index (κ3) is 3.50. The molecule has 0 aliphatic carbocycles. The summed E-state index contributed by atoms with van der Waals surface area (Å²) >= 11 is 0. The number of ether oxygens (including phenoxy) is 2. The van der Waals surface area contributed by atoms with E-state index in [0.717, 1.165) is 0 Å². The largest absolute Gasteiger partial charge is 0.465 e. The molecule has 0 unspecified atom stereocenters. The van der Waals surface area contributed by atoms with E-state index in [1.807, 2.05) is 0 Å². The number of carbonyl (C=O) groups is 2. The Morgan fingerprint density at radius 3 is 1.35 bits per heavy atom. The van der Waals surface area contributed by atoms with E-state index < -0.39 is 19.3 Å². The fraction of sp³-hybridized carbons (Fsp3) is 0.125. The van der Waals surface area contributed by atoms with E-state index in [-0.39, 0.29) is 21.7 Å². The van der Waals surface area contributed by atoms with Crippen molar-refractivity contribution in [1.82, 2.24) is 0 Å². The molecule has 0 saturated carbocycles. The van der Waals surface area contributed by atoms with Crippen molar-refractivity contribution in [3.63, 3.8) is 0 Å². The maximum absolute atomic E-state index is 12.6. The van der Waals surface area contributed by atoms with Crippen LogP contribution in [0.4, 0.5) is 0 Å². The van der Waals surface area contributed by atoms with Crippen LogP contribution in [0.5, 0.6) is 0 Å². The SMILES string of the molecule is COC(=O)c1ccc(P(=O)(O)c2ccc(C(=O)OC)cc2)cc1. The van der Waals surface area contributed by atoms with Gasteiger partial charge in [0.15, 0.2) is 0 Å². The van der Waals surface area contributed by atoms with Crippen LogP contribution in [0.1, 0.15) is 20.7 Å². The first-order chi connectivity index (χ1) is 10.9. The Kier molecular flexibility index (Phi) is 4.98. The highest BCUT2D eigenvalue weighted by atomic mass is 31.2. The van der Waals surface area contributed by atoms with Gasteiger partial charge in [0, 0.05) is 10.6 Å². The van der Waals surface area contributed by atoms with Crippen LogP contribution < -0.4 is 10.6 Å². The van der Waals surface area contributed by atoms with E-state index >= 15 is 0 Å². The topological polar surface area (TPSA) is 89.9 Å². The quantitative estimate of drug-likeness (QED) is 0.673. The molecule has 0 saturated heterocycles. The molecule has 1 N–H and O–H groups in total. The van der Waals surface area contributed by atoms with Crippen LogP contribution in [0.2, 0.25) is 0 Å². The Balaban J connectivity index is 2.32. The molecule has 0 heterocycles. The normalized spacial score (nSPS) is 10.9. The van der Waals surface area contributed by atoms with Crippen molar-refractivity contribution >= 4 is 29.9 Å². The van der Waals surface area contributed by atoms with Crippen molar-refractivity contribution in [2.45, 2.75) is 0 Å². The Morgan fingerprint density at radius 2 is 1.09 bits per heavy atom. The lowest BCUT2D eigenvalue weighted by Crippen LogP contribution is -2.16. The molecule has 2 aromatic carbocycles. The molecule has 0 bridgehead atoms. The second kappa shape index (κ2) is 6.77. The summed E-state index contributed by atoms with van der Waals surface area (Å²) in [5.41, 5.74) is 0.578. The molecule has 0 aliphatic heterocycles. The number of hydrogen-bond acceptors (Lipinski definition) is 5. The van der Waals surface area contributed by atoms with Crippen molar-refractivity contribution in [2.24, 2.45) is 0 Å². The van der Waals surface area contributed by atoms with Gasteiger partial charge in [-0.3, -0.25) is 4.57 Å². The standard InChI is InChI=1S/C16H15O6P/c1-21-15(17)11-3-7-13(8-4-11)23(19,20)14-9-5-12(6-10-14)16(18)22-2/h3-10H,1-2H3,(H,19,20). The molecule has 0 atom stereocenters. The lowest BCUT2D eigenvalue weighted by Gasteiger charge is -2.13. The summed E-state index contributed by atoms with van der Waals surface area (Å²) in [4.78, 5) is 33.1. The van der Waals surface area contributed by atoms with Gasteiger partial charge in [-0.2, -0.15) is 0 Å². The van der Waals surface area contributed by atoms with Crippen LogP contribution in [0, 0.1) is 0 Å². The maximum atomic E-state index is 12.6. The zero-order valence-corrected chi connectivity index (χ0v) is 13.4. The van der Waals surface area contributed by atoms with Crippen LogP contribution in [-0.2, 0) is 14.0 Å². The summed E-state index contributed by atoms with van der Waals surface area (Å²) in [6.45, 7) is 0. The van der Waals surface area contributed by atoms with Gasteiger partial charge in [0.1, 0.15) is 0 Å². The van der Waals surface area contributed by atoms with Gasteiger partial charge < -0.3 is 14.4 Å². The number of rotatable bonds is 4. The van der Waals surface area contributed by atoms with Crippen LogP contribution in [0.25, 0.3) is 0 Å². The molecule has 7 heteroatoms. The van der Waals surface area contributed by atoms with E-state index in [4.69, 9.17) is 0 Å². The number of esters is 2. The monoisotopic (exact) mass is 334 g/mol. The molecule has 120 valence electrons. The molecule has 0 radical (unpaired) electrons. The van der Waals surface area contributed by atoms with E-state index in [9.17, 15) is 19.0 Å². The average molecular weight is 334 g/mol. The lowest BCUT2D eigenvalue weighted by atomic mass is 10.2. The molecule has 23 heavy (non-hydrogen) atoms. The smallest absolute Gasteiger partial charge is 0.337 e. The van der Waals surface area contributed by atoms with Crippen molar-refractivity contribution in [1.29, 1.82) is 0 Å². The molecule has 0 spiro atoms. The fourth-order valence-electron chi connectivity index (χ4n) is 1.98. The molecular formula is C16H15O6P. The fourth-order valence-corrected chi connectivity index (χ4v) is 3.39. The first kappa shape index (κ1) is 16.9. The second-order valence-corrected chi connectivity index (χ2v) is 6.84. The molecule has 0 amide bonds. The minimum atomic E-state index is -3.82. The molecule has 2 aromatic rings. The van der Waals surface area contributed by atoms with Gasteiger partial charge in [0.25, 0.3) is 7.37 Å². The zero-order valence-electron chi connectivity index (χ0n) is 12.6. The Bertz CT molecular complexity index is 701. The minimum absolute atomic E-state index is 0.177. The molecule has 0 aliphatic rings. The van der Waals surface area contributed by atoms with E-state index in [1.165, 1.54) is 62.8 Å². The van der Waals surface area contributed by atoms with Gasteiger partial charge in [-0.15, -0.1) is 0 Å². The molecule has 0 fully saturated rings. The van der Waals surface area contributed by atoms with E-state index in [0.29, 0.717) is 0 Å². The minimum Gasteiger partial charge on any atom is -0.465 e. The number of hydrogen-bond donors (Lipinski definition) is 1. The summed E-state index contributed by atoms with van der Waals surface area (Å²) in [5.74, 6) is -1.04. The maximum Gasteiger partial charge on any atom is 0.337 e. The Labute approximate surface area is 133 Å². The van der Waals surface area contributed by atoms with Crippen LogP contribution >= 0.6 is 7.37 Å². The second-order valence-electron chi connectivity index (χ2n) is 4.65. The summed E-state index contributed by atoms with van der Waals surface area (Å²) in [5, 5.41) is 0.354. The number of methoxy groups -OCH3 is 2. The predicted molar refractivity (Wildman–Crippen MR) is 84.7 cm³/mol. The number of benzene rings is 2. The lowest BCUT2D eigenvalue weighted by molar-refractivity contribution is 0.0592.